The van der Waals surface area contributed by atoms with Crippen molar-refractivity contribution in [2.45, 2.75) is 0 Å². The normalized spacial score (nSPS) is 12.1. The Morgan fingerprint density at radius 2 is 1.00 bits per heavy atom. The molecule has 0 saturated carbocycles. The molecule has 5 aromatic heterocycles. The van der Waals surface area contributed by atoms with Crippen molar-refractivity contribution in [1.82, 2.24) is 23.9 Å². The number of aromatic nitrogens is 5. The molecule has 0 atom stereocenters. The number of rotatable bonds is 4. The maximum absolute atomic E-state index is 5.08. The van der Waals surface area contributed by atoms with E-state index in [-0.39, 0.29) is 0 Å². The maximum Gasteiger partial charge on any atom is 0.238 e. The van der Waals surface area contributed by atoms with Gasteiger partial charge in [0.25, 0.3) is 0 Å². The minimum Gasteiger partial charge on any atom is -0.307 e. The third kappa shape index (κ3) is 3.83. The van der Waals surface area contributed by atoms with Crippen molar-refractivity contribution in [2.75, 3.05) is 0 Å². The van der Waals surface area contributed by atoms with Gasteiger partial charge in [0.05, 0.1) is 32.3 Å². The second-order valence-electron chi connectivity index (χ2n) is 12.5. The molecular formula is C43H25N5S. The molecule has 0 aliphatic carbocycles. The van der Waals surface area contributed by atoms with E-state index in [9.17, 15) is 0 Å². The van der Waals surface area contributed by atoms with Crippen molar-refractivity contribution >= 4 is 70.6 Å². The third-order valence-corrected chi connectivity index (χ3v) is 10.7. The fourth-order valence-corrected chi connectivity index (χ4v) is 8.53. The van der Waals surface area contributed by atoms with E-state index in [1.54, 1.807) is 0 Å². The van der Waals surface area contributed by atoms with Gasteiger partial charge >= 0.3 is 0 Å². The first kappa shape index (κ1) is 26.7. The highest BCUT2D eigenvalue weighted by molar-refractivity contribution is 7.18. The Balaban J connectivity index is 1.13. The van der Waals surface area contributed by atoms with Crippen LogP contribution in [0.5, 0.6) is 0 Å². The minimum absolute atomic E-state index is 0.596. The van der Waals surface area contributed by atoms with Crippen molar-refractivity contribution < 1.29 is 0 Å². The second kappa shape index (κ2) is 10.1. The van der Waals surface area contributed by atoms with Crippen LogP contribution in [0.25, 0.3) is 99.1 Å². The van der Waals surface area contributed by atoms with Gasteiger partial charge in [-0.1, -0.05) is 109 Å². The molecular weight excluding hydrogens is 619 g/mol. The number of benzene rings is 6. The van der Waals surface area contributed by atoms with Crippen molar-refractivity contribution in [3.63, 3.8) is 0 Å². The average Bonchev–Trinajstić information content (AvgIpc) is 3.93. The van der Waals surface area contributed by atoms with Crippen molar-refractivity contribution in [3.05, 3.63) is 151 Å². The van der Waals surface area contributed by atoms with Gasteiger partial charge in [-0.25, -0.2) is 4.98 Å². The van der Waals surface area contributed by atoms with E-state index in [0.29, 0.717) is 17.6 Å². The van der Waals surface area contributed by atoms with Gasteiger partial charge in [0.15, 0.2) is 11.6 Å². The summed E-state index contributed by atoms with van der Waals surface area (Å²) in [6, 6.07) is 51.4. The lowest BCUT2D eigenvalue weighted by Gasteiger charge is -2.11. The van der Waals surface area contributed by atoms with E-state index in [4.69, 9.17) is 15.0 Å². The number of para-hydroxylation sites is 2. The molecule has 0 spiro atoms. The molecule has 11 rings (SSSR count). The molecule has 0 radical (unpaired) electrons. The average molecular weight is 644 g/mol. The number of hydrogen-bond acceptors (Lipinski definition) is 4. The summed E-state index contributed by atoms with van der Waals surface area (Å²) in [4.78, 5) is 15.1. The molecule has 0 N–H and O–H groups in total. The SMILES string of the molecule is c1ccc(-c2nc(-c3ccccc3)nc(-n3c4ccccc4c4cc(-c5ccc6c(c5)c5cccc7c8sccc8n6c57)ccc43)n2)cc1. The highest BCUT2D eigenvalue weighted by Gasteiger charge is 2.20. The molecule has 0 bridgehead atoms. The van der Waals surface area contributed by atoms with Crippen LogP contribution in [0.3, 0.4) is 0 Å². The highest BCUT2D eigenvalue weighted by atomic mass is 32.1. The van der Waals surface area contributed by atoms with Crippen molar-refractivity contribution in [3.8, 4) is 39.9 Å². The zero-order valence-electron chi connectivity index (χ0n) is 26.1. The van der Waals surface area contributed by atoms with Crippen LogP contribution in [0, 0.1) is 0 Å². The summed E-state index contributed by atoms with van der Waals surface area (Å²) in [6.45, 7) is 0. The zero-order chi connectivity index (χ0) is 32.1. The molecule has 0 amide bonds. The van der Waals surface area contributed by atoms with Crippen LogP contribution in [-0.4, -0.2) is 23.9 Å². The number of hydrogen-bond donors (Lipinski definition) is 0. The molecule has 6 heteroatoms. The lowest BCUT2D eigenvalue weighted by atomic mass is 10.0. The summed E-state index contributed by atoms with van der Waals surface area (Å²) in [5, 5.41) is 8.42. The van der Waals surface area contributed by atoms with Crippen LogP contribution in [-0.2, 0) is 0 Å². The highest BCUT2D eigenvalue weighted by Crippen LogP contribution is 2.42. The Labute approximate surface area is 284 Å². The van der Waals surface area contributed by atoms with Gasteiger partial charge in [-0.15, -0.1) is 11.3 Å². The van der Waals surface area contributed by atoms with Gasteiger partial charge < -0.3 is 4.40 Å². The Kier molecular flexibility index (Phi) is 5.48. The number of nitrogens with zero attached hydrogens (tertiary/aromatic N) is 5. The lowest BCUT2D eigenvalue weighted by Crippen LogP contribution is -2.06. The van der Waals surface area contributed by atoms with Gasteiger partial charge in [0, 0.05) is 38.1 Å². The fraction of sp³-hybridized carbons (Fsp3) is 0. The summed E-state index contributed by atoms with van der Waals surface area (Å²) in [7, 11) is 0. The predicted molar refractivity (Wildman–Crippen MR) is 203 cm³/mol. The van der Waals surface area contributed by atoms with Gasteiger partial charge in [0.2, 0.25) is 5.95 Å². The molecule has 5 nitrogen and oxygen atoms in total. The summed E-state index contributed by atoms with van der Waals surface area (Å²) in [6.07, 6.45) is 0. The molecule has 228 valence electrons. The van der Waals surface area contributed by atoms with Crippen LogP contribution in [0.4, 0.5) is 0 Å². The Morgan fingerprint density at radius 1 is 0.408 bits per heavy atom. The van der Waals surface area contributed by atoms with Gasteiger partial charge in [-0.05, 0) is 52.9 Å². The molecule has 0 aliphatic heterocycles. The third-order valence-electron chi connectivity index (χ3n) is 9.81. The first-order chi connectivity index (χ1) is 24.3. The van der Waals surface area contributed by atoms with E-state index < -0.39 is 0 Å². The van der Waals surface area contributed by atoms with Crippen LogP contribution in [0.15, 0.2) is 151 Å². The molecule has 0 saturated heterocycles. The first-order valence-corrected chi connectivity index (χ1v) is 17.2. The molecule has 5 heterocycles. The van der Waals surface area contributed by atoms with Crippen LogP contribution in [0.2, 0.25) is 0 Å². The van der Waals surface area contributed by atoms with Gasteiger partial charge in [-0.2, -0.15) is 9.97 Å². The minimum atomic E-state index is 0.596. The Bertz CT molecular complexity index is 2990. The van der Waals surface area contributed by atoms with E-state index in [2.05, 4.69) is 99.3 Å². The molecule has 11 aromatic rings. The number of thiophene rings is 1. The topological polar surface area (TPSA) is 48.0 Å². The van der Waals surface area contributed by atoms with E-state index >= 15 is 0 Å². The summed E-state index contributed by atoms with van der Waals surface area (Å²) >= 11 is 1.82. The van der Waals surface area contributed by atoms with Crippen molar-refractivity contribution in [1.29, 1.82) is 0 Å². The van der Waals surface area contributed by atoms with E-state index in [1.807, 2.05) is 72.0 Å². The predicted octanol–water partition coefficient (Wildman–Crippen LogP) is 11.2. The largest absolute Gasteiger partial charge is 0.307 e. The monoisotopic (exact) mass is 643 g/mol. The van der Waals surface area contributed by atoms with Gasteiger partial charge in [0.1, 0.15) is 0 Å². The van der Waals surface area contributed by atoms with E-state index in [1.165, 1.54) is 48.5 Å². The smallest absolute Gasteiger partial charge is 0.238 e. The summed E-state index contributed by atoms with van der Waals surface area (Å²) < 4.78 is 5.98. The molecule has 6 aromatic carbocycles. The fourth-order valence-electron chi connectivity index (χ4n) is 7.63. The second-order valence-corrected chi connectivity index (χ2v) is 13.4. The summed E-state index contributed by atoms with van der Waals surface area (Å²) in [5.74, 6) is 1.88. The Morgan fingerprint density at radius 3 is 1.73 bits per heavy atom. The van der Waals surface area contributed by atoms with Crippen LogP contribution < -0.4 is 0 Å². The molecule has 0 aliphatic rings. The maximum atomic E-state index is 5.08. The molecule has 49 heavy (non-hydrogen) atoms. The summed E-state index contributed by atoms with van der Waals surface area (Å²) in [5.41, 5.74) is 10.2. The molecule has 0 fully saturated rings. The standard InChI is InChI=1S/C43H25N5S/c1-3-10-26(11-4-1)41-44-42(27-12-5-2-6-13-27)46-43(45-41)48-35-17-8-7-14-30(35)33-24-28(19-21-37(33)48)29-18-20-36-34(25-29)31-15-9-16-32-39(31)47(36)38-22-23-49-40(32)38/h1-25H. The van der Waals surface area contributed by atoms with Gasteiger partial charge in [-0.3, -0.25) is 4.57 Å². The van der Waals surface area contributed by atoms with Crippen LogP contribution in [0.1, 0.15) is 0 Å². The Hall–Kier alpha value is -6.37. The number of fused-ring (bicyclic) bond motifs is 9. The van der Waals surface area contributed by atoms with Crippen molar-refractivity contribution in [2.24, 2.45) is 0 Å². The zero-order valence-corrected chi connectivity index (χ0v) is 26.9. The van der Waals surface area contributed by atoms with E-state index in [0.717, 1.165) is 32.9 Å². The first-order valence-electron chi connectivity index (χ1n) is 16.4. The molecule has 0 unspecified atom stereocenters. The lowest BCUT2D eigenvalue weighted by molar-refractivity contribution is 0.953. The quantitative estimate of drug-likeness (QED) is 0.192. The van der Waals surface area contributed by atoms with Crippen LogP contribution >= 0.6 is 11.3 Å².